The van der Waals surface area contributed by atoms with Crippen LogP contribution in [0.3, 0.4) is 0 Å². The van der Waals surface area contributed by atoms with Gasteiger partial charge in [0.2, 0.25) is 0 Å². The molecule has 15 heavy (non-hydrogen) atoms. The van der Waals surface area contributed by atoms with Crippen molar-refractivity contribution in [2.24, 2.45) is 5.92 Å². The molecule has 2 heterocycles. The Labute approximate surface area is 95.3 Å². The second-order valence-electron chi connectivity index (χ2n) is 4.19. The van der Waals surface area contributed by atoms with Gasteiger partial charge in [-0.25, -0.2) is 4.98 Å². The Kier molecular flexibility index (Phi) is 4.11. The lowest BCUT2D eigenvalue weighted by atomic mass is 9.98. The summed E-state index contributed by atoms with van der Waals surface area (Å²) in [5.41, 5.74) is 0. The lowest BCUT2D eigenvalue weighted by Gasteiger charge is -2.24. The molecule has 1 aliphatic rings. The summed E-state index contributed by atoms with van der Waals surface area (Å²) in [5.74, 6) is 0.841. The monoisotopic (exact) mass is 225 g/mol. The first-order chi connectivity index (χ1) is 7.36. The zero-order valence-electron chi connectivity index (χ0n) is 9.20. The van der Waals surface area contributed by atoms with Crippen LogP contribution in [0.1, 0.15) is 30.8 Å². The molecule has 0 aromatic carbocycles. The fourth-order valence-electron chi connectivity index (χ4n) is 1.96. The number of hydrogen-bond acceptors (Lipinski definition) is 4. The van der Waals surface area contributed by atoms with Crippen molar-refractivity contribution in [3.05, 3.63) is 16.6 Å². The molecule has 0 bridgehead atoms. The Morgan fingerprint density at radius 3 is 3.07 bits per heavy atom. The van der Waals surface area contributed by atoms with E-state index in [-0.39, 0.29) is 0 Å². The standard InChI is InChI=1S/C11H19N3S/c1-9(11-13-6-7-15-11)14-8-10-2-4-12-5-3-10/h6-7,9-10,12,14H,2-5,8H2,1H3/t9-/m0/s1. The Balaban J connectivity index is 1.73. The summed E-state index contributed by atoms with van der Waals surface area (Å²) < 4.78 is 0. The van der Waals surface area contributed by atoms with Crippen LogP contribution >= 0.6 is 11.3 Å². The summed E-state index contributed by atoms with van der Waals surface area (Å²) in [4.78, 5) is 4.32. The average molecular weight is 225 g/mol. The van der Waals surface area contributed by atoms with Gasteiger partial charge in [0.15, 0.2) is 0 Å². The second kappa shape index (κ2) is 5.58. The zero-order chi connectivity index (χ0) is 10.5. The summed E-state index contributed by atoms with van der Waals surface area (Å²) in [5, 5.41) is 10.2. The lowest BCUT2D eigenvalue weighted by Crippen LogP contribution is -2.34. The third kappa shape index (κ3) is 3.26. The van der Waals surface area contributed by atoms with Gasteiger partial charge in [-0.15, -0.1) is 11.3 Å². The first-order valence-corrected chi connectivity index (χ1v) is 6.57. The Morgan fingerprint density at radius 2 is 2.40 bits per heavy atom. The molecule has 1 atom stereocenters. The zero-order valence-corrected chi connectivity index (χ0v) is 10.0. The average Bonchev–Trinajstić information content (AvgIpc) is 2.81. The molecule has 0 aliphatic carbocycles. The summed E-state index contributed by atoms with van der Waals surface area (Å²) in [6.07, 6.45) is 4.48. The first-order valence-electron chi connectivity index (χ1n) is 5.70. The maximum absolute atomic E-state index is 4.32. The summed E-state index contributed by atoms with van der Waals surface area (Å²) >= 11 is 1.73. The minimum atomic E-state index is 0.403. The van der Waals surface area contributed by atoms with Crippen LogP contribution in [0.25, 0.3) is 0 Å². The molecule has 0 radical (unpaired) electrons. The lowest BCUT2D eigenvalue weighted by molar-refractivity contribution is 0.345. The maximum atomic E-state index is 4.32. The normalized spacial score (nSPS) is 20.3. The molecule has 0 spiro atoms. The summed E-state index contributed by atoms with van der Waals surface area (Å²) in [6.45, 7) is 5.68. The molecule has 84 valence electrons. The van der Waals surface area contributed by atoms with Gasteiger partial charge in [0, 0.05) is 11.6 Å². The summed E-state index contributed by atoms with van der Waals surface area (Å²) in [6, 6.07) is 0.403. The number of thiazole rings is 1. The van der Waals surface area contributed by atoms with E-state index in [1.807, 2.05) is 11.6 Å². The van der Waals surface area contributed by atoms with E-state index >= 15 is 0 Å². The predicted octanol–water partition coefficient (Wildman–Crippen LogP) is 1.79. The SMILES string of the molecule is C[C@H](NCC1CCNCC1)c1nccs1. The van der Waals surface area contributed by atoms with E-state index < -0.39 is 0 Å². The van der Waals surface area contributed by atoms with Gasteiger partial charge in [-0.2, -0.15) is 0 Å². The van der Waals surface area contributed by atoms with Gasteiger partial charge in [0.05, 0.1) is 6.04 Å². The third-order valence-corrected chi connectivity index (χ3v) is 3.95. The van der Waals surface area contributed by atoms with Crippen LogP contribution in [0.2, 0.25) is 0 Å². The van der Waals surface area contributed by atoms with E-state index in [1.54, 1.807) is 11.3 Å². The molecular formula is C11H19N3S. The van der Waals surface area contributed by atoms with E-state index in [2.05, 4.69) is 22.5 Å². The predicted molar refractivity (Wildman–Crippen MR) is 64.1 cm³/mol. The highest BCUT2D eigenvalue weighted by Crippen LogP contribution is 2.16. The molecule has 1 saturated heterocycles. The minimum absolute atomic E-state index is 0.403. The first kappa shape index (κ1) is 11.0. The van der Waals surface area contributed by atoms with E-state index in [1.165, 1.54) is 30.9 Å². The molecular weight excluding hydrogens is 206 g/mol. The van der Waals surface area contributed by atoms with E-state index in [9.17, 15) is 0 Å². The molecule has 2 rings (SSSR count). The number of hydrogen-bond donors (Lipinski definition) is 2. The molecule has 4 heteroatoms. The number of nitrogens with zero attached hydrogens (tertiary/aromatic N) is 1. The van der Waals surface area contributed by atoms with E-state index in [0.717, 1.165) is 12.5 Å². The van der Waals surface area contributed by atoms with Gasteiger partial charge < -0.3 is 10.6 Å². The molecule has 0 unspecified atom stereocenters. The highest BCUT2D eigenvalue weighted by Gasteiger charge is 2.14. The summed E-state index contributed by atoms with van der Waals surface area (Å²) in [7, 11) is 0. The highest BCUT2D eigenvalue weighted by atomic mass is 32.1. The smallest absolute Gasteiger partial charge is 0.109 e. The maximum Gasteiger partial charge on any atom is 0.109 e. The molecule has 1 aromatic heterocycles. The minimum Gasteiger partial charge on any atom is -0.317 e. The van der Waals surface area contributed by atoms with Crippen molar-refractivity contribution in [1.82, 2.24) is 15.6 Å². The van der Waals surface area contributed by atoms with Crippen LogP contribution in [0.5, 0.6) is 0 Å². The molecule has 1 fully saturated rings. The van der Waals surface area contributed by atoms with Crippen LogP contribution in [-0.4, -0.2) is 24.6 Å². The number of nitrogens with one attached hydrogen (secondary N) is 2. The van der Waals surface area contributed by atoms with Crippen LogP contribution in [0.4, 0.5) is 0 Å². The molecule has 1 aromatic rings. The van der Waals surface area contributed by atoms with Crippen molar-refractivity contribution in [3.8, 4) is 0 Å². The van der Waals surface area contributed by atoms with E-state index in [4.69, 9.17) is 0 Å². The van der Waals surface area contributed by atoms with Crippen molar-refractivity contribution in [1.29, 1.82) is 0 Å². The van der Waals surface area contributed by atoms with Gasteiger partial charge >= 0.3 is 0 Å². The molecule has 1 aliphatic heterocycles. The van der Waals surface area contributed by atoms with Gasteiger partial charge in [0.1, 0.15) is 5.01 Å². The van der Waals surface area contributed by atoms with Crippen molar-refractivity contribution in [3.63, 3.8) is 0 Å². The van der Waals surface area contributed by atoms with Crippen LogP contribution < -0.4 is 10.6 Å². The van der Waals surface area contributed by atoms with Crippen molar-refractivity contribution >= 4 is 11.3 Å². The molecule has 2 N–H and O–H groups in total. The van der Waals surface area contributed by atoms with Crippen LogP contribution in [-0.2, 0) is 0 Å². The topological polar surface area (TPSA) is 37.0 Å². The fourth-order valence-corrected chi connectivity index (χ4v) is 2.64. The molecule has 3 nitrogen and oxygen atoms in total. The number of aromatic nitrogens is 1. The molecule has 0 saturated carbocycles. The van der Waals surface area contributed by atoms with Crippen LogP contribution in [0, 0.1) is 5.92 Å². The van der Waals surface area contributed by atoms with E-state index in [0.29, 0.717) is 6.04 Å². The number of rotatable bonds is 4. The van der Waals surface area contributed by atoms with Crippen molar-refractivity contribution in [2.45, 2.75) is 25.8 Å². The Bertz CT molecular complexity index is 267. The van der Waals surface area contributed by atoms with Gasteiger partial charge in [-0.1, -0.05) is 0 Å². The second-order valence-corrected chi connectivity index (χ2v) is 5.12. The third-order valence-electron chi connectivity index (χ3n) is 2.99. The van der Waals surface area contributed by atoms with Crippen molar-refractivity contribution < 1.29 is 0 Å². The van der Waals surface area contributed by atoms with Crippen molar-refractivity contribution in [2.75, 3.05) is 19.6 Å². The van der Waals surface area contributed by atoms with Gasteiger partial charge in [0.25, 0.3) is 0 Å². The van der Waals surface area contributed by atoms with Gasteiger partial charge in [-0.05, 0) is 45.3 Å². The highest BCUT2D eigenvalue weighted by molar-refractivity contribution is 7.09. The largest absolute Gasteiger partial charge is 0.317 e. The van der Waals surface area contributed by atoms with Gasteiger partial charge in [-0.3, -0.25) is 0 Å². The molecule has 0 amide bonds. The Morgan fingerprint density at radius 1 is 1.60 bits per heavy atom. The number of piperidine rings is 1. The van der Waals surface area contributed by atoms with Crippen LogP contribution in [0.15, 0.2) is 11.6 Å². The fraction of sp³-hybridized carbons (Fsp3) is 0.727. The quantitative estimate of drug-likeness (QED) is 0.820. The Hall–Kier alpha value is -0.450.